The fourth-order valence-corrected chi connectivity index (χ4v) is 4.87. The molecular weight excluding hydrogens is 442 g/mol. The molecule has 0 saturated carbocycles. The fraction of sp³-hybridized carbons (Fsp3) is 0.519. The number of carbonyl (C=O) groups is 2. The molecule has 188 valence electrons. The lowest BCUT2D eigenvalue weighted by Gasteiger charge is -2.33. The van der Waals surface area contributed by atoms with Gasteiger partial charge in [0.25, 0.3) is 5.91 Å². The summed E-state index contributed by atoms with van der Waals surface area (Å²) in [6, 6.07) is 10.7. The summed E-state index contributed by atoms with van der Waals surface area (Å²) in [4.78, 5) is 36.9. The molecule has 0 spiro atoms. The number of benzene rings is 1. The molecule has 1 N–H and O–H groups in total. The smallest absolute Gasteiger partial charge is 0.257 e. The highest BCUT2D eigenvalue weighted by Crippen LogP contribution is 2.36. The molecule has 2 amide bonds. The first-order valence-electron chi connectivity index (χ1n) is 12.8. The Morgan fingerprint density at radius 3 is 2.66 bits per heavy atom. The molecule has 0 atom stereocenters. The zero-order valence-electron chi connectivity index (χ0n) is 20.9. The number of hydrogen-bond acceptors (Lipinski definition) is 6. The third kappa shape index (κ3) is 6.25. The lowest BCUT2D eigenvalue weighted by molar-refractivity contribution is -0.119. The number of likely N-dealkylation sites (tertiary alicyclic amines) is 1. The Hall–Kier alpha value is -2.81. The minimum absolute atomic E-state index is 0.0768. The first-order chi connectivity index (χ1) is 17.1. The number of rotatable bonds is 10. The van der Waals surface area contributed by atoms with Gasteiger partial charge in [-0.1, -0.05) is 26.0 Å². The second-order valence-corrected chi connectivity index (χ2v) is 9.22. The standard InChI is InChI=1S/C27H37N5O3/c1-3-30(4-2)17-19-35-18-13-21-11-15-31(16-12-21)20-25(33)32-24-10-6-5-8-22(24)27(34)29-23-9-7-14-28-26(23)32/h5-10,14,21H,3-4,11-13,15-20H2,1-2H3,(H,29,34). The van der Waals surface area contributed by atoms with Gasteiger partial charge in [-0.15, -0.1) is 0 Å². The first kappa shape index (κ1) is 25.3. The van der Waals surface area contributed by atoms with E-state index in [9.17, 15) is 9.59 Å². The molecule has 0 bridgehead atoms. The largest absolute Gasteiger partial charge is 0.380 e. The summed E-state index contributed by atoms with van der Waals surface area (Å²) in [6.07, 6.45) is 4.86. The molecular formula is C27H37N5O3. The summed E-state index contributed by atoms with van der Waals surface area (Å²) in [6.45, 7) is 11.1. The van der Waals surface area contributed by atoms with E-state index in [1.807, 2.05) is 18.2 Å². The van der Waals surface area contributed by atoms with Crippen molar-refractivity contribution in [2.75, 3.05) is 62.7 Å². The van der Waals surface area contributed by atoms with Gasteiger partial charge < -0.3 is 15.0 Å². The first-order valence-corrected chi connectivity index (χ1v) is 12.8. The number of aromatic nitrogens is 1. The second kappa shape index (κ2) is 12.2. The Bertz CT molecular complexity index is 1000. The summed E-state index contributed by atoms with van der Waals surface area (Å²) in [5.41, 5.74) is 1.59. The van der Waals surface area contributed by atoms with Gasteiger partial charge in [0.05, 0.1) is 30.1 Å². The number of hydrogen-bond donors (Lipinski definition) is 1. The van der Waals surface area contributed by atoms with Gasteiger partial charge in [0.1, 0.15) is 0 Å². The molecule has 1 saturated heterocycles. The molecule has 2 aliphatic rings. The lowest BCUT2D eigenvalue weighted by Crippen LogP contribution is -2.42. The van der Waals surface area contributed by atoms with Crippen molar-refractivity contribution < 1.29 is 14.3 Å². The van der Waals surface area contributed by atoms with Crippen LogP contribution < -0.4 is 10.2 Å². The zero-order chi connectivity index (χ0) is 24.6. The van der Waals surface area contributed by atoms with Crippen LogP contribution in [0.25, 0.3) is 0 Å². The van der Waals surface area contributed by atoms with Crippen molar-refractivity contribution in [3.05, 3.63) is 48.2 Å². The average molecular weight is 480 g/mol. The van der Waals surface area contributed by atoms with Gasteiger partial charge >= 0.3 is 0 Å². The number of likely N-dealkylation sites (N-methyl/N-ethyl adjacent to an activating group) is 1. The van der Waals surface area contributed by atoms with Gasteiger partial charge in [0, 0.05) is 19.3 Å². The highest BCUT2D eigenvalue weighted by Gasteiger charge is 2.31. The van der Waals surface area contributed by atoms with E-state index < -0.39 is 0 Å². The molecule has 2 aliphatic heterocycles. The van der Waals surface area contributed by atoms with Crippen LogP contribution in [0.3, 0.4) is 0 Å². The number of pyridine rings is 1. The lowest BCUT2D eigenvalue weighted by atomic mass is 9.94. The number of fused-ring (bicyclic) bond motifs is 2. The van der Waals surface area contributed by atoms with E-state index in [-0.39, 0.29) is 11.8 Å². The van der Waals surface area contributed by atoms with E-state index in [0.717, 1.165) is 65.2 Å². The number of carbonyl (C=O) groups excluding carboxylic acids is 2. The normalized spacial score (nSPS) is 16.5. The van der Waals surface area contributed by atoms with Crippen LogP contribution in [0.4, 0.5) is 17.2 Å². The monoisotopic (exact) mass is 479 g/mol. The highest BCUT2D eigenvalue weighted by molar-refractivity contribution is 6.17. The number of anilines is 3. The summed E-state index contributed by atoms with van der Waals surface area (Å²) in [5, 5.41) is 2.89. The molecule has 8 nitrogen and oxygen atoms in total. The Morgan fingerprint density at radius 2 is 1.89 bits per heavy atom. The second-order valence-electron chi connectivity index (χ2n) is 9.22. The minimum Gasteiger partial charge on any atom is -0.380 e. The van der Waals surface area contributed by atoms with Gasteiger partial charge in [-0.3, -0.25) is 19.4 Å². The maximum atomic E-state index is 13.6. The van der Waals surface area contributed by atoms with Crippen molar-refractivity contribution >= 4 is 29.0 Å². The molecule has 0 unspecified atom stereocenters. The maximum Gasteiger partial charge on any atom is 0.257 e. The summed E-state index contributed by atoms with van der Waals surface area (Å²) in [7, 11) is 0. The van der Waals surface area contributed by atoms with E-state index in [4.69, 9.17) is 4.74 Å². The van der Waals surface area contributed by atoms with Crippen LogP contribution >= 0.6 is 0 Å². The predicted octanol–water partition coefficient (Wildman–Crippen LogP) is 3.77. The van der Waals surface area contributed by atoms with Crippen LogP contribution in [0.1, 0.15) is 43.5 Å². The number of para-hydroxylation sites is 1. The molecule has 4 rings (SSSR count). The average Bonchev–Trinajstić information content (AvgIpc) is 3.01. The fourth-order valence-electron chi connectivity index (χ4n) is 4.87. The van der Waals surface area contributed by atoms with Gasteiger partial charge in [-0.05, 0) is 75.6 Å². The zero-order valence-corrected chi connectivity index (χ0v) is 20.9. The topological polar surface area (TPSA) is 78.0 Å². The molecule has 3 heterocycles. The molecule has 1 fully saturated rings. The minimum atomic E-state index is -0.231. The summed E-state index contributed by atoms with van der Waals surface area (Å²) in [5.74, 6) is 0.794. The Labute approximate surface area is 208 Å². The molecule has 1 aromatic carbocycles. The van der Waals surface area contributed by atoms with E-state index in [0.29, 0.717) is 35.2 Å². The van der Waals surface area contributed by atoms with Crippen molar-refractivity contribution in [2.45, 2.75) is 33.1 Å². The Morgan fingerprint density at radius 1 is 1.11 bits per heavy atom. The molecule has 8 heteroatoms. The summed E-state index contributed by atoms with van der Waals surface area (Å²) >= 11 is 0. The van der Waals surface area contributed by atoms with Crippen molar-refractivity contribution in [2.24, 2.45) is 5.92 Å². The van der Waals surface area contributed by atoms with Gasteiger partial charge in [-0.2, -0.15) is 0 Å². The number of nitrogens with one attached hydrogen (secondary N) is 1. The third-order valence-corrected chi connectivity index (χ3v) is 7.07. The molecule has 0 radical (unpaired) electrons. The van der Waals surface area contributed by atoms with Gasteiger partial charge in [0.2, 0.25) is 5.91 Å². The van der Waals surface area contributed by atoms with E-state index in [1.54, 1.807) is 29.3 Å². The predicted molar refractivity (Wildman–Crippen MR) is 138 cm³/mol. The van der Waals surface area contributed by atoms with Crippen LogP contribution in [-0.2, 0) is 9.53 Å². The van der Waals surface area contributed by atoms with Crippen LogP contribution in [0, 0.1) is 5.92 Å². The molecule has 2 aromatic rings. The van der Waals surface area contributed by atoms with Crippen molar-refractivity contribution in [3.63, 3.8) is 0 Å². The van der Waals surface area contributed by atoms with Crippen LogP contribution in [-0.4, -0.2) is 79.1 Å². The third-order valence-electron chi connectivity index (χ3n) is 7.07. The molecule has 35 heavy (non-hydrogen) atoms. The Balaban J connectivity index is 1.32. The van der Waals surface area contributed by atoms with Gasteiger partial charge in [-0.25, -0.2) is 4.98 Å². The molecule has 1 aromatic heterocycles. The number of piperidine rings is 1. The van der Waals surface area contributed by atoms with Crippen molar-refractivity contribution in [1.82, 2.24) is 14.8 Å². The van der Waals surface area contributed by atoms with Crippen LogP contribution in [0.15, 0.2) is 42.6 Å². The Kier molecular flexibility index (Phi) is 8.84. The molecule has 0 aliphatic carbocycles. The maximum absolute atomic E-state index is 13.6. The number of nitrogens with zero attached hydrogens (tertiary/aromatic N) is 4. The quantitative estimate of drug-likeness (QED) is 0.523. The van der Waals surface area contributed by atoms with Gasteiger partial charge in [0.15, 0.2) is 5.82 Å². The number of ether oxygens (including phenoxy) is 1. The van der Waals surface area contributed by atoms with E-state index >= 15 is 0 Å². The van der Waals surface area contributed by atoms with Crippen molar-refractivity contribution in [3.8, 4) is 0 Å². The number of amides is 2. The van der Waals surface area contributed by atoms with Crippen molar-refractivity contribution in [1.29, 1.82) is 0 Å². The highest BCUT2D eigenvalue weighted by atomic mass is 16.5. The SMILES string of the molecule is CCN(CC)CCOCCC1CCN(CC(=O)N2c3ccccc3C(=O)Nc3cccnc32)CC1. The van der Waals surface area contributed by atoms with Crippen LogP contribution in [0.2, 0.25) is 0 Å². The summed E-state index contributed by atoms with van der Waals surface area (Å²) < 4.78 is 5.87. The van der Waals surface area contributed by atoms with E-state index in [2.05, 4.69) is 33.9 Å². The van der Waals surface area contributed by atoms with Crippen LogP contribution in [0.5, 0.6) is 0 Å². The van der Waals surface area contributed by atoms with E-state index in [1.165, 1.54) is 0 Å².